The molecule has 1 amide bonds. The van der Waals surface area contributed by atoms with Crippen LogP contribution in [-0.4, -0.2) is 49.7 Å². The number of likely N-dealkylation sites (tertiary alicyclic amines) is 1. The second-order valence-corrected chi connectivity index (χ2v) is 6.06. The summed E-state index contributed by atoms with van der Waals surface area (Å²) < 4.78 is 10.1. The zero-order valence-corrected chi connectivity index (χ0v) is 12.6. The standard InChI is InChI=1S/C16H20N2O4/c1-21-14(19)13-7-16(9-17-13)10-18(11-16)15(20)22-8-12-5-3-2-4-6-12/h2-6,13,17H,7-11H2,1H3. The summed E-state index contributed by atoms with van der Waals surface area (Å²) in [5.41, 5.74) is 0.962. The van der Waals surface area contributed by atoms with Gasteiger partial charge in [-0.25, -0.2) is 4.79 Å². The number of esters is 1. The van der Waals surface area contributed by atoms with Gasteiger partial charge in [-0.1, -0.05) is 30.3 Å². The van der Waals surface area contributed by atoms with E-state index in [-0.39, 0.29) is 30.1 Å². The summed E-state index contributed by atoms with van der Waals surface area (Å²) in [7, 11) is 1.39. The molecule has 1 unspecified atom stereocenters. The molecule has 1 spiro atoms. The van der Waals surface area contributed by atoms with Gasteiger partial charge in [0.15, 0.2) is 0 Å². The SMILES string of the molecule is COC(=O)C1CC2(CN1)CN(C(=O)OCc1ccccc1)C2. The monoisotopic (exact) mass is 304 g/mol. The quantitative estimate of drug-likeness (QED) is 0.849. The largest absolute Gasteiger partial charge is 0.468 e. The van der Waals surface area contributed by atoms with Gasteiger partial charge in [-0.05, 0) is 12.0 Å². The molecule has 6 nitrogen and oxygen atoms in total. The van der Waals surface area contributed by atoms with Crippen molar-refractivity contribution in [3.63, 3.8) is 0 Å². The maximum atomic E-state index is 12.0. The van der Waals surface area contributed by atoms with Gasteiger partial charge >= 0.3 is 12.1 Å². The average Bonchev–Trinajstić information content (AvgIpc) is 2.97. The average molecular weight is 304 g/mol. The van der Waals surface area contributed by atoms with E-state index in [9.17, 15) is 9.59 Å². The number of rotatable bonds is 3. The highest BCUT2D eigenvalue weighted by Crippen LogP contribution is 2.39. The third-order valence-corrected chi connectivity index (χ3v) is 4.36. The minimum Gasteiger partial charge on any atom is -0.468 e. The molecule has 1 atom stereocenters. The van der Waals surface area contributed by atoms with Crippen LogP contribution in [0.5, 0.6) is 0 Å². The van der Waals surface area contributed by atoms with Crippen LogP contribution in [-0.2, 0) is 20.9 Å². The summed E-state index contributed by atoms with van der Waals surface area (Å²) in [4.78, 5) is 25.2. The molecule has 0 saturated carbocycles. The van der Waals surface area contributed by atoms with Crippen molar-refractivity contribution in [3.8, 4) is 0 Å². The molecule has 0 radical (unpaired) electrons. The highest BCUT2D eigenvalue weighted by atomic mass is 16.6. The maximum absolute atomic E-state index is 12.0. The third-order valence-electron chi connectivity index (χ3n) is 4.36. The summed E-state index contributed by atoms with van der Waals surface area (Å²) in [6.07, 6.45) is 0.415. The lowest BCUT2D eigenvalue weighted by Gasteiger charge is -2.46. The van der Waals surface area contributed by atoms with Crippen LogP contribution < -0.4 is 5.32 Å². The molecule has 118 valence electrons. The van der Waals surface area contributed by atoms with Gasteiger partial charge < -0.3 is 19.7 Å². The van der Waals surface area contributed by atoms with E-state index in [4.69, 9.17) is 9.47 Å². The summed E-state index contributed by atoms with van der Waals surface area (Å²) in [6.45, 7) is 2.27. The molecule has 0 bridgehead atoms. The van der Waals surface area contributed by atoms with Gasteiger partial charge in [0.05, 0.1) is 7.11 Å². The van der Waals surface area contributed by atoms with Crippen LogP contribution in [0.15, 0.2) is 30.3 Å². The number of hydrogen-bond donors (Lipinski definition) is 1. The van der Waals surface area contributed by atoms with E-state index in [1.807, 2.05) is 30.3 Å². The van der Waals surface area contributed by atoms with Crippen molar-refractivity contribution in [2.75, 3.05) is 26.7 Å². The molecule has 6 heteroatoms. The molecule has 2 heterocycles. The van der Waals surface area contributed by atoms with Crippen molar-refractivity contribution in [1.82, 2.24) is 10.2 Å². The predicted octanol–water partition coefficient (Wildman–Crippen LogP) is 1.16. The fourth-order valence-electron chi connectivity index (χ4n) is 3.17. The molecule has 3 rings (SSSR count). The predicted molar refractivity (Wildman–Crippen MR) is 79.1 cm³/mol. The topological polar surface area (TPSA) is 67.9 Å². The van der Waals surface area contributed by atoms with Crippen LogP contribution in [0, 0.1) is 5.41 Å². The molecule has 0 aromatic heterocycles. The lowest BCUT2D eigenvalue weighted by molar-refractivity contribution is -0.143. The van der Waals surface area contributed by atoms with E-state index in [1.165, 1.54) is 7.11 Å². The minimum absolute atomic E-state index is 0.00930. The van der Waals surface area contributed by atoms with Crippen LogP contribution in [0.25, 0.3) is 0 Å². The Morgan fingerprint density at radius 1 is 1.32 bits per heavy atom. The van der Waals surface area contributed by atoms with Crippen LogP contribution >= 0.6 is 0 Å². The number of nitrogens with one attached hydrogen (secondary N) is 1. The number of hydrogen-bond acceptors (Lipinski definition) is 5. The van der Waals surface area contributed by atoms with Crippen molar-refractivity contribution in [1.29, 1.82) is 0 Å². The molecule has 1 aromatic rings. The lowest BCUT2D eigenvalue weighted by Crippen LogP contribution is -2.59. The molecule has 2 aliphatic heterocycles. The highest BCUT2D eigenvalue weighted by Gasteiger charge is 2.51. The van der Waals surface area contributed by atoms with Gasteiger partial charge in [-0.15, -0.1) is 0 Å². The summed E-state index contributed by atoms with van der Waals surface area (Å²) in [5, 5.41) is 3.16. The molecule has 22 heavy (non-hydrogen) atoms. The molecule has 2 fully saturated rings. The van der Waals surface area contributed by atoms with Crippen molar-refractivity contribution in [2.24, 2.45) is 5.41 Å². The molecular formula is C16H20N2O4. The normalized spacial score (nSPS) is 22.2. The highest BCUT2D eigenvalue weighted by molar-refractivity contribution is 5.76. The van der Waals surface area contributed by atoms with Gasteiger partial charge in [0.2, 0.25) is 0 Å². The number of amides is 1. The zero-order valence-electron chi connectivity index (χ0n) is 12.6. The Kier molecular flexibility index (Phi) is 4.02. The van der Waals surface area contributed by atoms with Gasteiger partial charge in [0.25, 0.3) is 0 Å². The van der Waals surface area contributed by atoms with E-state index < -0.39 is 0 Å². The first-order valence-corrected chi connectivity index (χ1v) is 7.39. The van der Waals surface area contributed by atoms with Gasteiger partial charge in [0.1, 0.15) is 12.6 Å². The first-order valence-electron chi connectivity index (χ1n) is 7.39. The van der Waals surface area contributed by atoms with Gasteiger partial charge in [-0.2, -0.15) is 0 Å². The Morgan fingerprint density at radius 3 is 2.73 bits per heavy atom. The van der Waals surface area contributed by atoms with Crippen LogP contribution in [0.3, 0.4) is 0 Å². The first kappa shape index (κ1) is 14.8. The molecule has 2 aliphatic rings. The van der Waals surface area contributed by atoms with Crippen LogP contribution in [0.2, 0.25) is 0 Å². The Hall–Kier alpha value is -2.08. The number of ether oxygens (including phenoxy) is 2. The van der Waals surface area contributed by atoms with Crippen LogP contribution in [0.4, 0.5) is 4.79 Å². The minimum atomic E-state index is -0.295. The Labute approximate surface area is 129 Å². The number of carbonyl (C=O) groups is 2. The van der Waals surface area contributed by atoms with E-state index >= 15 is 0 Å². The Balaban J connectivity index is 1.45. The van der Waals surface area contributed by atoms with E-state index in [0.717, 1.165) is 12.1 Å². The van der Waals surface area contributed by atoms with E-state index in [0.29, 0.717) is 19.5 Å². The zero-order chi connectivity index (χ0) is 15.6. The maximum Gasteiger partial charge on any atom is 0.410 e. The number of methoxy groups -OCH3 is 1. The van der Waals surface area contributed by atoms with E-state index in [1.54, 1.807) is 4.90 Å². The van der Waals surface area contributed by atoms with Crippen molar-refractivity contribution in [2.45, 2.75) is 19.1 Å². The van der Waals surface area contributed by atoms with Crippen LogP contribution in [0.1, 0.15) is 12.0 Å². The van der Waals surface area contributed by atoms with Crippen molar-refractivity contribution >= 4 is 12.1 Å². The van der Waals surface area contributed by atoms with Gasteiger partial charge in [-0.3, -0.25) is 4.79 Å². The van der Waals surface area contributed by atoms with Gasteiger partial charge in [0, 0.05) is 25.0 Å². The van der Waals surface area contributed by atoms with E-state index in [2.05, 4.69) is 5.32 Å². The molecular weight excluding hydrogens is 284 g/mol. The second-order valence-electron chi connectivity index (χ2n) is 6.06. The molecule has 0 aliphatic carbocycles. The summed E-state index contributed by atoms with van der Waals surface area (Å²) in [5.74, 6) is -0.234. The Bertz CT molecular complexity index is 555. The van der Waals surface area contributed by atoms with Crippen molar-refractivity contribution < 1.29 is 19.1 Å². The summed E-state index contributed by atoms with van der Waals surface area (Å²) >= 11 is 0. The lowest BCUT2D eigenvalue weighted by atomic mass is 9.78. The summed E-state index contributed by atoms with van der Waals surface area (Å²) in [6, 6.07) is 9.35. The van der Waals surface area contributed by atoms with Crippen molar-refractivity contribution in [3.05, 3.63) is 35.9 Å². The molecule has 2 saturated heterocycles. The molecule has 1 aromatic carbocycles. The fraction of sp³-hybridized carbons (Fsp3) is 0.500. The second kappa shape index (κ2) is 5.96. The number of nitrogens with zero attached hydrogens (tertiary/aromatic N) is 1. The third kappa shape index (κ3) is 2.92. The first-order chi connectivity index (χ1) is 10.6. The Morgan fingerprint density at radius 2 is 2.05 bits per heavy atom. The number of benzene rings is 1. The molecule has 1 N–H and O–H groups in total. The fourth-order valence-corrected chi connectivity index (χ4v) is 3.17. The number of carbonyl (C=O) groups excluding carboxylic acids is 2. The smallest absolute Gasteiger partial charge is 0.410 e.